The Morgan fingerprint density at radius 1 is 1.21 bits per heavy atom. The fourth-order valence-corrected chi connectivity index (χ4v) is 4.02. The first kappa shape index (κ1) is 21.3. The number of thioether (sulfide) groups is 1. The van der Waals surface area contributed by atoms with E-state index in [0.717, 1.165) is 11.1 Å². The highest BCUT2D eigenvalue weighted by molar-refractivity contribution is 8.18. The summed E-state index contributed by atoms with van der Waals surface area (Å²) in [7, 11) is 3.37. The smallest absolute Gasteiger partial charge is 0.266 e. The second-order valence-electron chi connectivity index (χ2n) is 6.52. The van der Waals surface area contributed by atoms with Crippen LogP contribution in [0.4, 0.5) is 0 Å². The number of aliphatic imine (C=N–C) groups is 1. The third kappa shape index (κ3) is 4.95. The lowest BCUT2D eigenvalue weighted by molar-refractivity contribution is -0.121. The number of amides is 1. The molecule has 1 heterocycles. The molecule has 29 heavy (non-hydrogen) atoms. The normalized spacial score (nSPS) is 16.7. The predicted octanol–water partition coefficient (Wildman–Crippen LogP) is 5.16. The molecular formula is C22H23ClN2O3S. The van der Waals surface area contributed by atoms with Crippen molar-refractivity contribution >= 4 is 40.5 Å². The average Bonchev–Trinajstić information content (AvgIpc) is 2.97. The summed E-state index contributed by atoms with van der Waals surface area (Å²) in [5.74, 6) is 0.950. The van der Waals surface area contributed by atoms with Crippen molar-refractivity contribution in [2.45, 2.75) is 20.5 Å². The van der Waals surface area contributed by atoms with Gasteiger partial charge >= 0.3 is 0 Å². The van der Waals surface area contributed by atoms with E-state index in [1.807, 2.05) is 44.2 Å². The molecule has 0 bridgehead atoms. The van der Waals surface area contributed by atoms with Crippen molar-refractivity contribution < 1.29 is 14.3 Å². The maximum absolute atomic E-state index is 12.4. The number of benzene rings is 2. The molecule has 5 nitrogen and oxygen atoms in total. The quantitative estimate of drug-likeness (QED) is 0.594. The second kappa shape index (κ2) is 9.37. The highest BCUT2D eigenvalue weighted by Gasteiger charge is 2.29. The van der Waals surface area contributed by atoms with E-state index in [1.54, 1.807) is 26.2 Å². The molecule has 1 saturated heterocycles. The topological polar surface area (TPSA) is 51.1 Å². The monoisotopic (exact) mass is 430 g/mol. The highest BCUT2D eigenvalue weighted by atomic mass is 35.5. The number of likely N-dealkylation sites (N-methyl/N-ethyl adjacent to an activating group) is 1. The van der Waals surface area contributed by atoms with E-state index < -0.39 is 0 Å². The number of hydrogen-bond donors (Lipinski definition) is 0. The van der Waals surface area contributed by atoms with Crippen LogP contribution in [0, 0.1) is 6.92 Å². The van der Waals surface area contributed by atoms with Gasteiger partial charge < -0.3 is 9.47 Å². The van der Waals surface area contributed by atoms with Crippen LogP contribution in [-0.2, 0) is 11.4 Å². The molecule has 1 fully saturated rings. The summed E-state index contributed by atoms with van der Waals surface area (Å²) in [5.41, 5.74) is 3.01. The lowest BCUT2D eigenvalue weighted by Gasteiger charge is -2.15. The molecule has 0 N–H and O–H groups in total. The first-order chi connectivity index (χ1) is 13.9. The Labute approximate surface area is 180 Å². The van der Waals surface area contributed by atoms with Gasteiger partial charge in [-0.25, -0.2) is 0 Å². The molecule has 0 spiro atoms. The van der Waals surface area contributed by atoms with Crippen LogP contribution in [0.2, 0.25) is 5.02 Å². The fourth-order valence-electron chi connectivity index (χ4n) is 2.81. The Balaban J connectivity index is 1.87. The lowest BCUT2D eigenvalue weighted by atomic mass is 10.1. The molecule has 0 aromatic heterocycles. The molecule has 0 unspecified atom stereocenters. The second-order valence-corrected chi connectivity index (χ2v) is 7.93. The van der Waals surface area contributed by atoms with E-state index in [4.69, 9.17) is 21.1 Å². The molecule has 3 rings (SSSR count). The minimum absolute atomic E-state index is 0.0932. The molecule has 1 aliphatic heterocycles. The standard InChI is InChI=1S/C22H23ClN2O3S/c1-5-27-18-11-16(12-19-21(26)25(4)22(24-3)29-19)10-17(23)20(18)28-13-15-8-6-14(2)7-9-15/h6-12H,5,13H2,1-4H3/b19-12+,24-22?. The van der Waals surface area contributed by atoms with E-state index in [0.29, 0.717) is 39.8 Å². The first-order valence-corrected chi connectivity index (χ1v) is 10.4. The number of nitrogens with zero attached hydrogens (tertiary/aromatic N) is 2. The van der Waals surface area contributed by atoms with Gasteiger partial charge in [0.05, 0.1) is 16.5 Å². The largest absolute Gasteiger partial charge is 0.490 e. The molecule has 2 aromatic rings. The zero-order valence-electron chi connectivity index (χ0n) is 16.9. The van der Waals surface area contributed by atoms with Crippen LogP contribution in [0.15, 0.2) is 46.3 Å². The number of halogens is 1. The molecular weight excluding hydrogens is 408 g/mol. The number of ether oxygens (including phenoxy) is 2. The van der Waals surface area contributed by atoms with Crippen LogP contribution >= 0.6 is 23.4 Å². The molecule has 0 radical (unpaired) electrons. The van der Waals surface area contributed by atoms with E-state index in [-0.39, 0.29) is 5.91 Å². The summed E-state index contributed by atoms with van der Waals surface area (Å²) in [5, 5.41) is 1.10. The number of rotatable bonds is 6. The van der Waals surface area contributed by atoms with E-state index >= 15 is 0 Å². The predicted molar refractivity (Wildman–Crippen MR) is 120 cm³/mol. The van der Waals surface area contributed by atoms with Crippen LogP contribution in [-0.4, -0.2) is 36.7 Å². The summed E-state index contributed by atoms with van der Waals surface area (Å²) < 4.78 is 11.7. The van der Waals surface area contributed by atoms with Crippen molar-refractivity contribution in [1.82, 2.24) is 4.90 Å². The summed E-state index contributed by atoms with van der Waals surface area (Å²) >= 11 is 7.84. The summed E-state index contributed by atoms with van der Waals surface area (Å²) in [6.07, 6.45) is 1.79. The molecule has 1 amide bonds. The Kier molecular flexibility index (Phi) is 6.87. The van der Waals surface area contributed by atoms with Crippen molar-refractivity contribution in [3.8, 4) is 11.5 Å². The zero-order valence-corrected chi connectivity index (χ0v) is 18.4. The van der Waals surface area contributed by atoms with Crippen LogP contribution in [0.5, 0.6) is 11.5 Å². The van der Waals surface area contributed by atoms with Gasteiger partial charge in [-0.05, 0) is 54.9 Å². The number of aryl methyl sites for hydroxylation is 1. The molecule has 1 aliphatic rings. The third-order valence-corrected chi connectivity index (χ3v) is 5.76. The number of amidine groups is 1. The van der Waals surface area contributed by atoms with E-state index in [1.165, 1.54) is 22.2 Å². The van der Waals surface area contributed by atoms with Gasteiger partial charge in [-0.1, -0.05) is 41.4 Å². The van der Waals surface area contributed by atoms with Gasteiger partial charge in [-0.2, -0.15) is 0 Å². The van der Waals surface area contributed by atoms with Crippen molar-refractivity contribution in [1.29, 1.82) is 0 Å². The maximum Gasteiger partial charge on any atom is 0.266 e. The molecule has 0 atom stereocenters. The Morgan fingerprint density at radius 2 is 1.93 bits per heavy atom. The van der Waals surface area contributed by atoms with E-state index in [9.17, 15) is 4.79 Å². The Morgan fingerprint density at radius 3 is 2.55 bits per heavy atom. The fraction of sp³-hybridized carbons (Fsp3) is 0.273. The average molecular weight is 431 g/mol. The third-order valence-electron chi connectivity index (χ3n) is 4.33. The van der Waals surface area contributed by atoms with Gasteiger partial charge in [0.15, 0.2) is 16.7 Å². The van der Waals surface area contributed by atoms with Crippen LogP contribution < -0.4 is 9.47 Å². The summed E-state index contributed by atoms with van der Waals surface area (Å²) in [4.78, 5) is 18.6. The molecule has 0 aliphatic carbocycles. The van der Waals surface area contributed by atoms with Crippen molar-refractivity contribution in [2.24, 2.45) is 4.99 Å². The van der Waals surface area contributed by atoms with Gasteiger partial charge in [-0.3, -0.25) is 14.7 Å². The van der Waals surface area contributed by atoms with E-state index in [2.05, 4.69) is 4.99 Å². The van der Waals surface area contributed by atoms with Crippen LogP contribution in [0.3, 0.4) is 0 Å². The van der Waals surface area contributed by atoms with Crippen molar-refractivity contribution in [3.05, 3.63) is 63.0 Å². The van der Waals surface area contributed by atoms with Gasteiger partial charge in [0.2, 0.25) is 0 Å². The number of hydrogen-bond acceptors (Lipinski definition) is 5. The number of carbonyl (C=O) groups excluding carboxylic acids is 1. The first-order valence-electron chi connectivity index (χ1n) is 9.22. The van der Waals surface area contributed by atoms with Crippen LogP contribution in [0.1, 0.15) is 23.6 Å². The zero-order chi connectivity index (χ0) is 21.0. The molecule has 7 heteroatoms. The highest BCUT2D eigenvalue weighted by Crippen LogP contribution is 2.39. The summed E-state index contributed by atoms with van der Waals surface area (Å²) in [6, 6.07) is 11.7. The minimum atomic E-state index is -0.0932. The minimum Gasteiger partial charge on any atom is -0.490 e. The SMILES string of the molecule is CCOc1cc(/C=C2/SC(=NC)N(C)C2=O)cc(Cl)c1OCc1ccc(C)cc1. The number of carbonyl (C=O) groups is 1. The van der Waals surface area contributed by atoms with Gasteiger partial charge in [0.25, 0.3) is 5.91 Å². The van der Waals surface area contributed by atoms with Gasteiger partial charge in [-0.15, -0.1) is 0 Å². The molecule has 0 saturated carbocycles. The molecule has 2 aromatic carbocycles. The Bertz CT molecular complexity index is 971. The van der Waals surface area contributed by atoms with Crippen LogP contribution in [0.25, 0.3) is 6.08 Å². The lowest BCUT2D eigenvalue weighted by Crippen LogP contribution is -2.23. The summed E-state index contributed by atoms with van der Waals surface area (Å²) in [6.45, 7) is 4.80. The van der Waals surface area contributed by atoms with Gasteiger partial charge in [0, 0.05) is 14.1 Å². The van der Waals surface area contributed by atoms with Crippen molar-refractivity contribution in [2.75, 3.05) is 20.7 Å². The Hall–Kier alpha value is -2.44. The molecule has 152 valence electrons. The van der Waals surface area contributed by atoms with Crippen molar-refractivity contribution in [3.63, 3.8) is 0 Å². The maximum atomic E-state index is 12.4. The van der Waals surface area contributed by atoms with Gasteiger partial charge in [0.1, 0.15) is 6.61 Å².